The molecule has 0 radical (unpaired) electrons. The monoisotopic (exact) mass is 207 g/mol. The van der Waals surface area contributed by atoms with E-state index in [2.05, 4.69) is 43.1 Å². The summed E-state index contributed by atoms with van der Waals surface area (Å²) in [6.07, 6.45) is 1.72. The van der Waals surface area contributed by atoms with Gasteiger partial charge in [0.2, 0.25) is 0 Å². The third kappa shape index (κ3) is 4.34. The maximum Gasteiger partial charge on any atom is 0.0512 e. The second kappa shape index (κ2) is 5.76. The first kappa shape index (κ1) is 12.1. The molecule has 0 fully saturated rings. The topological polar surface area (TPSA) is 23.5 Å². The third-order valence-corrected chi connectivity index (χ3v) is 2.56. The molecule has 1 rings (SSSR count). The molecule has 15 heavy (non-hydrogen) atoms. The van der Waals surface area contributed by atoms with E-state index in [0.717, 1.165) is 19.4 Å². The smallest absolute Gasteiger partial charge is 0.0512 e. The van der Waals surface area contributed by atoms with Crippen molar-refractivity contribution < 1.29 is 5.11 Å². The summed E-state index contributed by atoms with van der Waals surface area (Å²) in [6, 6.07) is 8.49. The quantitative estimate of drug-likeness (QED) is 0.802. The van der Waals surface area contributed by atoms with Crippen molar-refractivity contribution >= 4 is 5.69 Å². The molecule has 1 N–H and O–H groups in total. The zero-order chi connectivity index (χ0) is 11.3. The van der Waals surface area contributed by atoms with Gasteiger partial charge in [-0.1, -0.05) is 12.1 Å². The van der Waals surface area contributed by atoms with Crippen LogP contribution < -0.4 is 4.90 Å². The lowest BCUT2D eigenvalue weighted by molar-refractivity contribution is 0.182. The highest BCUT2D eigenvalue weighted by Gasteiger charge is 2.01. The van der Waals surface area contributed by atoms with Crippen LogP contribution in [0.3, 0.4) is 0 Å². The minimum atomic E-state index is -0.184. The average Bonchev–Trinajstić information content (AvgIpc) is 2.17. The Kier molecular flexibility index (Phi) is 4.63. The van der Waals surface area contributed by atoms with E-state index in [1.807, 2.05) is 6.92 Å². The molecule has 1 unspecified atom stereocenters. The summed E-state index contributed by atoms with van der Waals surface area (Å²) in [7, 11) is 2.09. The fourth-order valence-corrected chi connectivity index (χ4v) is 1.62. The van der Waals surface area contributed by atoms with Gasteiger partial charge in [-0.05, 0) is 44.4 Å². The fourth-order valence-electron chi connectivity index (χ4n) is 1.62. The summed E-state index contributed by atoms with van der Waals surface area (Å²) >= 11 is 0. The van der Waals surface area contributed by atoms with Gasteiger partial charge >= 0.3 is 0 Å². The standard InChI is InChI=1S/C13H21NO/c1-11-6-4-8-13(10-11)14(3)9-5-7-12(2)15/h4,6,8,10,12,15H,5,7,9H2,1-3H3. The second-order valence-corrected chi connectivity index (χ2v) is 4.25. The highest BCUT2D eigenvalue weighted by Crippen LogP contribution is 2.14. The number of aliphatic hydroxyl groups is 1. The summed E-state index contributed by atoms with van der Waals surface area (Å²) in [6.45, 7) is 4.94. The number of aryl methyl sites for hydroxylation is 1. The molecule has 0 amide bonds. The molecule has 2 heteroatoms. The minimum Gasteiger partial charge on any atom is -0.393 e. The van der Waals surface area contributed by atoms with E-state index >= 15 is 0 Å². The number of hydrogen-bond acceptors (Lipinski definition) is 2. The van der Waals surface area contributed by atoms with E-state index in [9.17, 15) is 0 Å². The van der Waals surface area contributed by atoms with Gasteiger partial charge in [0.05, 0.1) is 6.10 Å². The Bertz CT molecular complexity index is 296. The molecule has 0 aromatic heterocycles. The van der Waals surface area contributed by atoms with Gasteiger partial charge < -0.3 is 10.0 Å². The molecule has 0 heterocycles. The van der Waals surface area contributed by atoms with Crippen LogP contribution in [0, 0.1) is 6.92 Å². The Morgan fingerprint density at radius 3 is 2.73 bits per heavy atom. The van der Waals surface area contributed by atoms with Crippen LogP contribution >= 0.6 is 0 Å². The number of hydrogen-bond donors (Lipinski definition) is 1. The SMILES string of the molecule is Cc1cccc(N(C)CCCC(C)O)c1. The summed E-state index contributed by atoms with van der Waals surface area (Å²) in [5.74, 6) is 0. The molecule has 0 spiro atoms. The zero-order valence-electron chi connectivity index (χ0n) is 9.90. The third-order valence-electron chi connectivity index (χ3n) is 2.56. The van der Waals surface area contributed by atoms with Crippen molar-refractivity contribution in [1.82, 2.24) is 0 Å². The zero-order valence-corrected chi connectivity index (χ0v) is 9.90. The molecule has 0 aliphatic heterocycles. The van der Waals surface area contributed by atoms with Crippen LogP contribution in [0.15, 0.2) is 24.3 Å². The molecule has 1 aromatic carbocycles. The minimum absolute atomic E-state index is 0.184. The largest absolute Gasteiger partial charge is 0.393 e. The van der Waals surface area contributed by atoms with Crippen LogP contribution in [0.25, 0.3) is 0 Å². The van der Waals surface area contributed by atoms with Crippen molar-refractivity contribution in [3.8, 4) is 0 Å². The van der Waals surface area contributed by atoms with Gasteiger partial charge in [-0.15, -0.1) is 0 Å². The van der Waals surface area contributed by atoms with Gasteiger partial charge in [-0.3, -0.25) is 0 Å². The first-order chi connectivity index (χ1) is 7.09. The lowest BCUT2D eigenvalue weighted by Gasteiger charge is -2.20. The van der Waals surface area contributed by atoms with E-state index in [-0.39, 0.29) is 6.10 Å². The molecule has 0 bridgehead atoms. The Morgan fingerprint density at radius 2 is 2.13 bits per heavy atom. The Balaban J connectivity index is 2.43. The van der Waals surface area contributed by atoms with E-state index in [1.165, 1.54) is 11.3 Å². The van der Waals surface area contributed by atoms with Crippen molar-refractivity contribution in [2.75, 3.05) is 18.5 Å². The summed E-state index contributed by atoms with van der Waals surface area (Å²) in [4.78, 5) is 2.23. The summed E-state index contributed by atoms with van der Waals surface area (Å²) in [5.41, 5.74) is 2.54. The molecular formula is C13H21NO. The van der Waals surface area contributed by atoms with Crippen molar-refractivity contribution in [1.29, 1.82) is 0 Å². The highest BCUT2D eigenvalue weighted by atomic mass is 16.3. The predicted molar refractivity (Wildman–Crippen MR) is 65.4 cm³/mol. The lowest BCUT2D eigenvalue weighted by Crippen LogP contribution is -2.19. The highest BCUT2D eigenvalue weighted by molar-refractivity contribution is 5.47. The Labute approximate surface area is 92.5 Å². The summed E-state index contributed by atoms with van der Waals surface area (Å²) in [5, 5.41) is 9.16. The maximum atomic E-state index is 9.16. The predicted octanol–water partition coefficient (Wildman–Crippen LogP) is 2.59. The molecule has 1 aromatic rings. The van der Waals surface area contributed by atoms with Gasteiger partial charge in [0.1, 0.15) is 0 Å². The van der Waals surface area contributed by atoms with Crippen LogP contribution in [0.4, 0.5) is 5.69 Å². The molecule has 2 nitrogen and oxygen atoms in total. The van der Waals surface area contributed by atoms with Gasteiger partial charge in [-0.2, -0.15) is 0 Å². The Morgan fingerprint density at radius 1 is 1.40 bits per heavy atom. The molecular weight excluding hydrogens is 186 g/mol. The number of rotatable bonds is 5. The first-order valence-corrected chi connectivity index (χ1v) is 5.55. The fraction of sp³-hybridized carbons (Fsp3) is 0.538. The molecule has 1 atom stereocenters. The van der Waals surface area contributed by atoms with E-state index in [0.29, 0.717) is 0 Å². The average molecular weight is 207 g/mol. The van der Waals surface area contributed by atoms with Crippen molar-refractivity contribution in [3.05, 3.63) is 29.8 Å². The molecule has 84 valence electrons. The van der Waals surface area contributed by atoms with Gasteiger partial charge in [0, 0.05) is 19.3 Å². The van der Waals surface area contributed by atoms with Crippen LogP contribution in [0.2, 0.25) is 0 Å². The molecule has 0 saturated carbocycles. The number of anilines is 1. The maximum absolute atomic E-state index is 9.16. The van der Waals surface area contributed by atoms with E-state index < -0.39 is 0 Å². The molecule has 0 saturated heterocycles. The Hall–Kier alpha value is -1.02. The van der Waals surface area contributed by atoms with Gasteiger partial charge in [-0.25, -0.2) is 0 Å². The van der Waals surface area contributed by atoms with E-state index in [4.69, 9.17) is 5.11 Å². The lowest BCUT2D eigenvalue weighted by atomic mass is 10.2. The normalized spacial score (nSPS) is 12.5. The van der Waals surface area contributed by atoms with Gasteiger partial charge in [0.25, 0.3) is 0 Å². The van der Waals surface area contributed by atoms with Crippen molar-refractivity contribution in [2.45, 2.75) is 32.8 Å². The summed E-state index contributed by atoms with van der Waals surface area (Å²) < 4.78 is 0. The van der Waals surface area contributed by atoms with Crippen LogP contribution in [0.5, 0.6) is 0 Å². The van der Waals surface area contributed by atoms with Crippen LogP contribution in [-0.4, -0.2) is 24.8 Å². The molecule has 0 aliphatic carbocycles. The van der Waals surface area contributed by atoms with Crippen molar-refractivity contribution in [2.24, 2.45) is 0 Å². The van der Waals surface area contributed by atoms with Crippen LogP contribution in [0.1, 0.15) is 25.3 Å². The second-order valence-electron chi connectivity index (χ2n) is 4.25. The number of benzene rings is 1. The van der Waals surface area contributed by atoms with Gasteiger partial charge in [0.15, 0.2) is 0 Å². The number of nitrogens with zero attached hydrogens (tertiary/aromatic N) is 1. The van der Waals surface area contributed by atoms with E-state index in [1.54, 1.807) is 0 Å². The first-order valence-electron chi connectivity index (χ1n) is 5.55. The van der Waals surface area contributed by atoms with Crippen molar-refractivity contribution in [3.63, 3.8) is 0 Å². The molecule has 0 aliphatic rings. The number of aliphatic hydroxyl groups excluding tert-OH is 1. The van der Waals surface area contributed by atoms with Crippen LogP contribution in [-0.2, 0) is 0 Å².